The van der Waals surface area contributed by atoms with Crippen LogP contribution in [-0.2, 0) is 11.3 Å². The van der Waals surface area contributed by atoms with Gasteiger partial charge in [-0.15, -0.1) is 0 Å². The number of rotatable bonds is 9. The fourth-order valence-corrected chi connectivity index (χ4v) is 2.47. The van der Waals surface area contributed by atoms with Crippen molar-refractivity contribution in [2.24, 2.45) is 0 Å². The molecule has 0 aliphatic rings. The molecule has 2 aromatic carbocycles. The van der Waals surface area contributed by atoms with Crippen molar-refractivity contribution in [1.29, 1.82) is 0 Å². The maximum Gasteiger partial charge on any atom is 0.387 e. The molecule has 0 bridgehead atoms. The number of amides is 1. The van der Waals surface area contributed by atoms with Crippen molar-refractivity contribution >= 4 is 12.0 Å². The van der Waals surface area contributed by atoms with Gasteiger partial charge in [0.2, 0.25) is 5.91 Å². The first-order chi connectivity index (χ1) is 13.8. The number of likely N-dealkylation sites (N-methyl/N-ethyl adjacent to an activating group) is 1. The van der Waals surface area contributed by atoms with Crippen LogP contribution in [0, 0.1) is 0 Å². The van der Waals surface area contributed by atoms with E-state index in [1.807, 2.05) is 0 Å². The van der Waals surface area contributed by atoms with Crippen LogP contribution < -0.4 is 14.2 Å². The number of hydrogen-bond donors (Lipinski definition) is 0. The monoisotopic (exact) mass is 413 g/mol. The summed E-state index contributed by atoms with van der Waals surface area (Å²) in [4.78, 5) is 13.7. The zero-order chi connectivity index (χ0) is 21.4. The van der Waals surface area contributed by atoms with E-state index in [4.69, 9.17) is 4.74 Å². The minimum atomic E-state index is -2.99. The second kappa shape index (κ2) is 10.4. The highest BCUT2D eigenvalue weighted by molar-refractivity contribution is 5.92. The highest BCUT2D eigenvalue weighted by atomic mass is 19.3. The van der Waals surface area contributed by atoms with Crippen LogP contribution in [-0.4, -0.2) is 38.2 Å². The van der Waals surface area contributed by atoms with Crippen molar-refractivity contribution in [2.75, 3.05) is 14.2 Å². The largest absolute Gasteiger partial charge is 0.493 e. The summed E-state index contributed by atoms with van der Waals surface area (Å²) < 4.78 is 63.5. The number of carbonyl (C=O) groups excluding carboxylic acids is 1. The highest BCUT2D eigenvalue weighted by Crippen LogP contribution is 2.30. The predicted molar refractivity (Wildman–Crippen MR) is 98.2 cm³/mol. The van der Waals surface area contributed by atoms with Gasteiger partial charge < -0.3 is 19.1 Å². The maximum atomic E-state index is 12.4. The summed E-state index contributed by atoms with van der Waals surface area (Å²) in [5.41, 5.74) is 0.943. The van der Waals surface area contributed by atoms with Gasteiger partial charge in [0, 0.05) is 25.2 Å². The van der Waals surface area contributed by atoms with E-state index >= 15 is 0 Å². The summed E-state index contributed by atoms with van der Waals surface area (Å²) in [5, 5.41) is 0. The van der Waals surface area contributed by atoms with Crippen LogP contribution >= 0.6 is 0 Å². The molecule has 0 aliphatic heterocycles. The smallest absolute Gasteiger partial charge is 0.387 e. The van der Waals surface area contributed by atoms with Gasteiger partial charge in [0.15, 0.2) is 11.5 Å². The number of carbonyl (C=O) groups is 1. The zero-order valence-electron chi connectivity index (χ0n) is 15.7. The van der Waals surface area contributed by atoms with Gasteiger partial charge in [0.25, 0.3) is 0 Å². The number of alkyl halides is 4. The lowest BCUT2D eigenvalue weighted by Crippen LogP contribution is -2.24. The minimum absolute atomic E-state index is 0.0476. The molecule has 0 saturated heterocycles. The summed E-state index contributed by atoms with van der Waals surface area (Å²) in [6.07, 6.45) is 2.59. The molecule has 0 heterocycles. The summed E-state index contributed by atoms with van der Waals surface area (Å²) >= 11 is 0. The van der Waals surface area contributed by atoms with Gasteiger partial charge in [0.05, 0.1) is 7.11 Å². The molecule has 0 fully saturated rings. The van der Waals surface area contributed by atoms with Crippen molar-refractivity contribution in [3.63, 3.8) is 0 Å². The molecule has 0 aliphatic carbocycles. The van der Waals surface area contributed by atoms with E-state index < -0.39 is 19.1 Å². The van der Waals surface area contributed by atoms with Crippen LogP contribution in [0.15, 0.2) is 48.5 Å². The zero-order valence-corrected chi connectivity index (χ0v) is 15.7. The molecular weight excluding hydrogens is 394 g/mol. The van der Waals surface area contributed by atoms with E-state index in [0.29, 0.717) is 11.1 Å². The third-order valence-electron chi connectivity index (χ3n) is 3.78. The molecule has 2 rings (SSSR count). The molecule has 29 heavy (non-hydrogen) atoms. The molecule has 0 radical (unpaired) electrons. The van der Waals surface area contributed by atoms with E-state index in [1.165, 1.54) is 67.6 Å². The average molecular weight is 413 g/mol. The Morgan fingerprint density at radius 2 is 1.66 bits per heavy atom. The number of halogens is 4. The molecular formula is C20H19F4NO4. The molecule has 0 spiro atoms. The molecule has 0 aromatic heterocycles. The Hall–Kier alpha value is -3.23. The highest BCUT2D eigenvalue weighted by Gasteiger charge is 2.13. The fourth-order valence-electron chi connectivity index (χ4n) is 2.47. The summed E-state index contributed by atoms with van der Waals surface area (Å²) in [7, 11) is 2.85. The first kappa shape index (κ1) is 22.1. The fraction of sp³-hybridized carbons (Fsp3) is 0.250. The number of hydrogen-bond acceptors (Lipinski definition) is 4. The Morgan fingerprint density at radius 3 is 2.31 bits per heavy atom. The van der Waals surface area contributed by atoms with Gasteiger partial charge >= 0.3 is 13.2 Å². The van der Waals surface area contributed by atoms with E-state index in [0.717, 1.165) is 0 Å². The quantitative estimate of drug-likeness (QED) is 0.446. The van der Waals surface area contributed by atoms with Gasteiger partial charge in [-0.05, 0) is 29.8 Å². The molecule has 2 aromatic rings. The van der Waals surface area contributed by atoms with E-state index in [9.17, 15) is 22.4 Å². The molecule has 1 amide bonds. The standard InChI is InChI=1S/C20H19F4NO4/c1-25(12-13-7-9-16(29-20(23)24)17(11-13)27-2)18(26)10-8-14-5-3-4-6-15(14)28-19(21)22/h3-11,19-20H,12H2,1-2H3/b10-8+. The number of ether oxygens (including phenoxy) is 3. The molecule has 9 heteroatoms. The molecule has 5 nitrogen and oxygen atoms in total. The van der Waals surface area contributed by atoms with E-state index in [2.05, 4.69) is 9.47 Å². The number of benzene rings is 2. The average Bonchev–Trinajstić information content (AvgIpc) is 2.67. The summed E-state index contributed by atoms with van der Waals surface area (Å²) in [6, 6.07) is 10.4. The van der Waals surface area contributed by atoms with Gasteiger partial charge in [-0.1, -0.05) is 24.3 Å². The third kappa shape index (κ3) is 6.70. The topological polar surface area (TPSA) is 48.0 Å². The lowest BCUT2D eigenvalue weighted by Gasteiger charge is -2.17. The molecule has 0 atom stereocenters. The van der Waals surface area contributed by atoms with Crippen LogP contribution in [0.3, 0.4) is 0 Å². The first-order valence-electron chi connectivity index (χ1n) is 8.39. The van der Waals surface area contributed by atoms with Crippen LogP contribution in [0.25, 0.3) is 6.08 Å². The van der Waals surface area contributed by atoms with Crippen LogP contribution in [0.5, 0.6) is 17.2 Å². The normalized spacial score (nSPS) is 11.2. The first-order valence-corrected chi connectivity index (χ1v) is 8.39. The van der Waals surface area contributed by atoms with Crippen LogP contribution in [0.2, 0.25) is 0 Å². The van der Waals surface area contributed by atoms with Gasteiger partial charge in [-0.2, -0.15) is 17.6 Å². The van der Waals surface area contributed by atoms with Crippen molar-refractivity contribution in [1.82, 2.24) is 4.90 Å². The molecule has 0 saturated carbocycles. The Bertz CT molecular complexity index is 858. The predicted octanol–water partition coefficient (Wildman–Crippen LogP) is 4.57. The molecule has 0 N–H and O–H groups in total. The Kier molecular flexibility index (Phi) is 7.88. The van der Waals surface area contributed by atoms with Crippen molar-refractivity contribution < 1.29 is 36.6 Å². The maximum absolute atomic E-state index is 12.4. The van der Waals surface area contributed by atoms with E-state index in [-0.39, 0.29) is 23.8 Å². The second-order valence-corrected chi connectivity index (χ2v) is 5.81. The summed E-state index contributed by atoms with van der Waals surface area (Å²) in [6.45, 7) is -5.81. The van der Waals surface area contributed by atoms with Gasteiger partial charge in [-0.3, -0.25) is 4.79 Å². The van der Waals surface area contributed by atoms with E-state index in [1.54, 1.807) is 6.07 Å². The number of methoxy groups -OCH3 is 1. The number of para-hydroxylation sites is 1. The Balaban J connectivity index is 2.07. The van der Waals surface area contributed by atoms with Crippen molar-refractivity contribution in [2.45, 2.75) is 19.8 Å². The van der Waals surface area contributed by atoms with Crippen molar-refractivity contribution in [3.8, 4) is 17.2 Å². The number of nitrogens with zero attached hydrogens (tertiary/aromatic N) is 1. The molecule has 0 unspecified atom stereocenters. The lowest BCUT2D eigenvalue weighted by atomic mass is 10.1. The van der Waals surface area contributed by atoms with Gasteiger partial charge in [0.1, 0.15) is 5.75 Å². The Labute approximate surface area is 165 Å². The summed E-state index contributed by atoms with van der Waals surface area (Å²) in [5.74, 6) is -0.453. The minimum Gasteiger partial charge on any atom is -0.493 e. The van der Waals surface area contributed by atoms with Crippen LogP contribution in [0.4, 0.5) is 17.6 Å². The third-order valence-corrected chi connectivity index (χ3v) is 3.78. The SMILES string of the molecule is COc1cc(CN(C)C(=O)/C=C/c2ccccc2OC(F)F)ccc1OC(F)F. The Morgan fingerprint density at radius 1 is 1.00 bits per heavy atom. The van der Waals surface area contributed by atoms with Crippen molar-refractivity contribution in [3.05, 3.63) is 59.7 Å². The molecule has 156 valence electrons. The second-order valence-electron chi connectivity index (χ2n) is 5.81. The van der Waals surface area contributed by atoms with Gasteiger partial charge in [-0.25, -0.2) is 0 Å². The van der Waals surface area contributed by atoms with Crippen LogP contribution in [0.1, 0.15) is 11.1 Å². The lowest BCUT2D eigenvalue weighted by molar-refractivity contribution is -0.125.